The van der Waals surface area contributed by atoms with E-state index in [1.807, 2.05) is 11.3 Å². The van der Waals surface area contributed by atoms with Crippen LogP contribution < -0.4 is 0 Å². The molecule has 0 aliphatic rings. The molecular formula is C46H28S. The number of fused-ring (bicyclic) bond motifs is 3. The van der Waals surface area contributed by atoms with Gasteiger partial charge < -0.3 is 0 Å². The Balaban J connectivity index is 1.17. The van der Waals surface area contributed by atoms with Crippen LogP contribution >= 0.6 is 11.3 Å². The molecule has 0 radical (unpaired) electrons. The molecule has 0 N–H and O–H groups in total. The van der Waals surface area contributed by atoms with Gasteiger partial charge in [0.25, 0.3) is 0 Å². The summed E-state index contributed by atoms with van der Waals surface area (Å²) >= 11 is 1.87. The molecule has 1 aromatic heterocycles. The first kappa shape index (κ1) is 26.5. The van der Waals surface area contributed by atoms with Crippen molar-refractivity contribution in [2.45, 2.75) is 0 Å². The lowest BCUT2D eigenvalue weighted by Gasteiger charge is -2.17. The molecule has 0 bridgehead atoms. The normalized spacial score (nSPS) is 11.8. The summed E-state index contributed by atoms with van der Waals surface area (Å²) in [4.78, 5) is 0. The maximum atomic E-state index is 2.40. The highest BCUT2D eigenvalue weighted by atomic mass is 32.1. The smallest absolute Gasteiger partial charge is 0.0355 e. The molecule has 0 nitrogen and oxygen atoms in total. The van der Waals surface area contributed by atoms with Gasteiger partial charge >= 0.3 is 0 Å². The third kappa shape index (κ3) is 4.21. The second-order valence-electron chi connectivity index (χ2n) is 12.5. The van der Waals surface area contributed by atoms with E-state index in [1.54, 1.807) is 0 Å². The maximum absolute atomic E-state index is 2.40. The fraction of sp³-hybridized carbons (Fsp3) is 0. The molecule has 10 aromatic rings. The van der Waals surface area contributed by atoms with Gasteiger partial charge in [-0.05, 0) is 107 Å². The van der Waals surface area contributed by atoms with Crippen LogP contribution in [-0.4, -0.2) is 0 Å². The summed E-state index contributed by atoms with van der Waals surface area (Å²) in [6.07, 6.45) is 0. The van der Waals surface area contributed by atoms with Crippen LogP contribution in [0, 0.1) is 0 Å². The van der Waals surface area contributed by atoms with Crippen LogP contribution in [0.25, 0.3) is 97.0 Å². The molecule has 9 aromatic carbocycles. The lowest BCUT2D eigenvalue weighted by Crippen LogP contribution is -1.90. The molecule has 47 heavy (non-hydrogen) atoms. The summed E-state index contributed by atoms with van der Waals surface area (Å²) < 4.78 is 2.64. The van der Waals surface area contributed by atoms with Gasteiger partial charge in [0.05, 0.1) is 0 Å². The first-order valence-corrected chi connectivity index (χ1v) is 17.0. The molecule has 0 saturated carbocycles. The maximum Gasteiger partial charge on any atom is 0.0355 e. The predicted molar refractivity (Wildman–Crippen MR) is 205 cm³/mol. The molecule has 0 atom stereocenters. The molecule has 0 aliphatic carbocycles. The minimum Gasteiger partial charge on any atom is -0.135 e. The van der Waals surface area contributed by atoms with E-state index >= 15 is 0 Å². The van der Waals surface area contributed by atoms with Crippen LogP contribution in [0.15, 0.2) is 170 Å². The lowest BCUT2D eigenvalue weighted by molar-refractivity contribution is 1.59. The van der Waals surface area contributed by atoms with Crippen molar-refractivity contribution in [1.82, 2.24) is 0 Å². The Bertz CT molecular complexity index is 2750. The molecule has 0 unspecified atom stereocenters. The summed E-state index contributed by atoms with van der Waals surface area (Å²) in [7, 11) is 0. The van der Waals surface area contributed by atoms with E-state index in [1.165, 1.54) is 97.0 Å². The van der Waals surface area contributed by atoms with E-state index in [0.29, 0.717) is 0 Å². The quantitative estimate of drug-likeness (QED) is 0.173. The molecular weight excluding hydrogens is 585 g/mol. The van der Waals surface area contributed by atoms with E-state index in [2.05, 4.69) is 170 Å². The molecule has 0 saturated heterocycles. The van der Waals surface area contributed by atoms with Gasteiger partial charge in [-0.15, -0.1) is 11.3 Å². The Kier molecular flexibility index (Phi) is 5.85. The van der Waals surface area contributed by atoms with Gasteiger partial charge in [-0.25, -0.2) is 0 Å². The Morgan fingerprint density at radius 3 is 1.57 bits per heavy atom. The van der Waals surface area contributed by atoms with Crippen molar-refractivity contribution >= 4 is 63.8 Å². The second-order valence-corrected chi connectivity index (χ2v) is 13.6. The fourth-order valence-corrected chi connectivity index (χ4v) is 8.63. The van der Waals surface area contributed by atoms with E-state index in [-0.39, 0.29) is 0 Å². The summed E-state index contributed by atoms with van der Waals surface area (Å²) in [5.41, 5.74) is 9.97. The zero-order chi connectivity index (χ0) is 30.9. The predicted octanol–water partition coefficient (Wildman–Crippen LogP) is 13.6. The highest BCUT2D eigenvalue weighted by molar-refractivity contribution is 7.25. The molecule has 1 heteroatoms. The van der Waals surface area contributed by atoms with Crippen LogP contribution in [0.1, 0.15) is 0 Å². The topological polar surface area (TPSA) is 0 Å². The Hall–Kier alpha value is -5.76. The number of benzene rings is 9. The molecule has 218 valence electrons. The van der Waals surface area contributed by atoms with Crippen molar-refractivity contribution in [1.29, 1.82) is 0 Å². The van der Waals surface area contributed by atoms with E-state index < -0.39 is 0 Å². The molecule has 1 heterocycles. The third-order valence-electron chi connectivity index (χ3n) is 9.83. The van der Waals surface area contributed by atoms with Gasteiger partial charge in [-0.2, -0.15) is 0 Å². The minimum absolute atomic E-state index is 1.23. The van der Waals surface area contributed by atoms with E-state index in [0.717, 1.165) is 0 Å². The summed E-state index contributed by atoms with van der Waals surface area (Å²) in [5, 5.41) is 10.5. The largest absolute Gasteiger partial charge is 0.135 e. The first-order chi connectivity index (χ1) is 23.3. The summed E-state index contributed by atoms with van der Waals surface area (Å²) in [6.45, 7) is 0. The van der Waals surface area contributed by atoms with Crippen LogP contribution in [0.2, 0.25) is 0 Å². The zero-order valence-corrected chi connectivity index (χ0v) is 26.4. The Morgan fingerprint density at radius 2 is 0.830 bits per heavy atom. The highest BCUT2D eigenvalue weighted by Crippen LogP contribution is 2.44. The fourth-order valence-electron chi connectivity index (χ4n) is 7.56. The summed E-state index contributed by atoms with van der Waals surface area (Å²) in [5.74, 6) is 0. The zero-order valence-electron chi connectivity index (χ0n) is 25.6. The monoisotopic (exact) mass is 612 g/mol. The number of thiophene rings is 1. The average Bonchev–Trinajstić information content (AvgIpc) is 3.51. The molecule has 0 amide bonds. The molecule has 0 aliphatic heterocycles. The Labute approximate surface area is 277 Å². The van der Waals surface area contributed by atoms with Gasteiger partial charge in [-0.1, -0.05) is 140 Å². The SMILES string of the molecule is c1ccc(-c2ccc3sc4ccc(-c5ccc(-c6ccc7ccc8cccc9ccc6c7c89)cc5-c5ccccc5)cc4c3c2)cc1. The Morgan fingerprint density at radius 1 is 0.277 bits per heavy atom. The molecule has 0 spiro atoms. The van der Waals surface area contributed by atoms with Crippen molar-refractivity contribution < 1.29 is 0 Å². The third-order valence-corrected chi connectivity index (χ3v) is 11.0. The number of rotatable bonds is 4. The van der Waals surface area contributed by atoms with Gasteiger partial charge in [0, 0.05) is 20.2 Å². The molecule has 10 rings (SSSR count). The van der Waals surface area contributed by atoms with Crippen molar-refractivity contribution in [2.75, 3.05) is 0 Å². The van der Waals surface area contributed by atoms with Crippen molar-refractivity contribution in [3.8, 4) is 44.5 Å². The highest BCUT2D eigenvalue weighted by Gasteiger charge is 2.16. The van der Waals surface area contributed by atoms with Gasteiger partial charge in [-0.3, -0.25) is 0 Å². The molecule has 0 fully saturated rings. The van der Waals surface area contributed by atoms with Crippen LogP contribution in [0.5, 0.6) is 0 Å². The van der Waals surface area contributed by atoms with Crippen molar-refractivity contribution in [3.63, 3.8) is 0 Å². The van der Waals surface area contributed by atoms with Crippen molar-refractivity contribution in [2.24, 2.45) is 0 Å². The second kappa shape index (κ2) is 10.4. The summed E-state index contributed by atoms with van der Waals surface area (Å²) in [6, 6.07) is 62.8. The van der Waals surface area contributed by atoms with Crippen LogP contribution in [-0.2, 0) is 0 Å². The van der Waals surface area contributed by atoms with E-state index in [4.69, 9.17) is 0 Å². The van der Waals surface area contributed by atoms with Gasteiger partial charge in [0.2, 0.25) is 0 Å². The van der Waals surface area contributed by atoms with Gasteiger partial charge in [0.1, 0.15) is 0 Å². The standard InChI is InChI=1S/C46H28S/c1-3-8-29(9-4-1)34-19-24-43-41(26-34)42-28-36(20-25-44(42)47-43)38-22-18-35(27-40(38)30-10-5-2-6-11-30)37-21-16-33-15-14-31-12-7-13-32-17-23-39(37)46(33)45(31)32/h1-28H. The lowest BCUT2D eigenvalue weighted by atomic mass is 9.87. The van der Waals surface area contributed by atoms with E-state index in [9.17, 15) is 0 Å². The van der Waals surface area contributed by atoms with Crippen LogP contribution in [0.3, 0.4) is 0 Å². The number of hydrogen-bond acceptors (Lipinski definition) is 1. The van der Waals surface area contributed by atoms with Crippen molar-refractivity contribution in [3.05, 3.63) is 170 Å². The van der Waals surface area contributed by atoms with Crippen LogP contribution in [0.4, 0.5) is 0 Å². The average molecular weight is 613 g/mol. The number of hydrogen-bond donors (Lipinski definition) is 0. The first-order valence-electron chi connectivity index (χ1n) is 16.2. The van der Waals surface area contributed by atoms with Gasteiger partial charge in [0.15, 0.2) is 0 Å². The minimum atomic E-state index is 1.23.